The quantitative estimate of drug-likeness (QED) is 0.667. The molecular weight excluding hydrogens is 327 g/mol. The maximum Gasteiger partial charge on any atom is 0.416 e. The van der Waals surface area contributed by atoms with E-state index < -0.39 is 38.6 Å². The molecule has 0 saturated carbocycles. The van der Waals surface area contributed by atoms with Gasteiger partial charge in [0.25, 0.3) is 11.4 Å². The van der Waals surface area contributed by atoms with Crippen LogP contribution in [0.25, 0.3) is 0 Å². The molecule has 1 saturated heterocycles. The minimum Gasteiger partial charge on any atom is -0.370 e. The summed E-state index contributed by atoms with van der Waals surface area (Å²) in [6, 6.07) is 0.383. The summed E-state index contributed by atoms with van der Waals surface area (Å²) in [4.78, 5) is 19.9. The average Bonchev–Trinajstić information content (AvgIpc) is 2.89. The molecule has 0 unspecified atom stereocenters. The number of nitrogens with zero attached hydrogens (tertiary/aromatic N) is 2. The Morgan fingerprint density at radius 2 is 1.73 bits per heavy atom. The van der Waals surface area contributed by atoms with E-state index in [4.69, 9.17) is 0 Å². The summed E-state index contributed by atoms with van der Waals surface area (Å²) in [6.45, 7) is 0. The molecule has 0 aliphatic carbocycles. The van der Waals surface area contributed by atoms with E-state index in [9.17, 15) is 33.4 Å². The molecule has 7 nitrogen and oxygen atoms in total. The lowest BCUT2D eigenvalue weighted by atomic mass is 10.1. The van der Waals surface area contributed by atoms with Gasteiger partial charge in [0.05, 0.1) is 15.4 Å². The van der Waals surface area contributed by atoms with Gasteiger partial charge in [-0.2, -0.15) is 24.9 Å². The molecule has 11 heteroatoms. The van der Waals surface area contributed by atoms with E-state index in [0.717, 1.165) is 5.75 Å². The topological polar surface area (TPSA) is 98.3 Å². The number of rotatable bonds is 4. The number of thioether (sulfide) groups is 1. The van der Waals surface area contributed by atoms with Gasteiger partial charge in [-0.15, -0.1) is 0 Å². The number of nitro benzene ring substituents is 2. The molecule has 1 aliphatic heterocycles. The molecule has 0 amide bonds. The zero-order valence-corrected chi connectivity index (χ0v) is 11.7. The Hall–Kier alpha value is -2.04. The van der Waals surface area contributed by atoms with Crippen LogP contribution in [0.5, 0.6) is 0 Å². The van der Waals surface area contributed by atoms with Crippen LogP contribution in [0.3, 0.4) is 0 Å². The fraction of sp³-hybridized carbons (Fsp3) is 0.455. The minimum absolute atomic E-state index is 0.251. The molecule has 2 rings (SSSR count). The van der Waals surface area contributed by atoms with Gasteiger partial charge in [0, 0.05) is 23.9 Å². The summed E-state index contributed by atoms with van der Waals surface area (Å²) in [5, 5.41) is 24.7. The van der Waals surface area contributed by atoms with Crippen LogP contribution in [-0.4, -0.2) is 27.4 Å². The van der Waals surface area contributed by atoms with Crippen LogP contribution < -0.4 is 5.32 Å². The van der Waals surface area contributed by atoms with Gasteiger partial charge in [-0.25, -0.2) is 0 Å². The number of anilines is 1. The number of halogens is 3. The van der Waals surface area contributed by atoms with Gasteiger partial charge in [0.1, 0.15) is 0 Å². The maximum absolute atomic E-state index is 12.7. The van der Waals surface area contributed by atoms with Gasteiger partial charge in [-0.05, 0) is 12.2 Å². The maximum atomic E-state index is 12.7. The lowest BCUT2D eigenvalue weighted by Crippen LogP contribution is -2.20. The molecule has 22 heavy (non-hydrogen) atoms. The van der Waals surface area contributed by atoms with E-state index in [1.54, 1.807) is 11.8 Å². The first-order valence-electron chi connectivity index (χ1n) is 6.08. The van der Waals surface area contributed by atoms with Crippen LogP contribution in [0.4, 0.5) is 30.2 Å². The van der Waals surface area contributed by atoms with Crippen molar-refractivity contribution in [3.8, 4) is 0 Å². The first kappa shape index (κ1) is 16.3. The molecule has 1 atom stereocenters. The monoisotopic (exact) mass is 337 g/mol. The van der Waals surface area contributed by atoms with Crippen molar-refractivity contribution < 1.29 is 23.0 Å². The number of hydrogen-bond donors (Lipinski definition) is 1. The highest BCUT2D eigenvalue weighted by atomic mass is 32.2. The molecule has 0 bridgehead atoms. The second kappa shape index (κ2) is 5.99. The summed E-state index contributed by atoms with van der Waals surface area (Å²) < 4.78 is 38.2. The molecule has 1 heterocycles. The SMILES string of the molecule is O=[N+]([O-])c1cc(C(F)(F)F)cc([N+](=O)[O-])c1N[C@H]1CCSC1. The predicted molar refractivity (Wildman–Crippen MR) is 74.1 cm³/mol. The Bertz CT molecular complexity index is 582. The molecule has 0 radical (unpaired) electrons. The molecule has 0 aromatic heterocycles. The normalized spacial score (nSPS) is 18.2. The first-order chi connectivity index (χ1) is 10.2. The molecule has 1 aromatic rings. The Labute approximate surface area is 126 Å². The van der Waals surface area contributed by atoms with Gasteiger partial charge in [-0.3, -0.25) is 20.2 Å². The van der Waals surface area contributed by atoms with Crippen LogP contribution >= 0.6 is 11.8 Å². The minimum atomic E-state index is -4.91. The highest BCUT2D eigenvalue weighted by molar-refractivity contribution is 7.99. The summed E-state index contributed by atoms with van der Waals surface area (Å²) >= 11 is 1.56. The van der Waals surface area contributed by atoms with Gasteiger partial charge >= 0.3 is 6.18 Å². The van der Waals surface area contributed by atoms with Crippen molar-refractivity contribution in [3.05, 3.63) is 37.9 Å². The van der Waals surface area contributed by atoms with Crippen molar-refractivity contribution in [3.63, 3.8) is 0 Å². The second-order valence-corrected chi connectivity index (χ2v) is 5.76. The van der Waals surface area contributed by atoms with E-state index in [0.29, 0.717) is 24.3 Å². The van der Waals surface area contributed by atoms with Crippen LogP contribution in [0.2, 0.25) is 0 Å². The summed E-state index contributed by atoms with van der Waals surface area (Å²) in [5.41, 5.74) is -3.79. The standard InChI is InChI=1S/C11H10F3N3O4S/c12-11(13,14)6-3-8(16(18)19)10(9(4-6)17(20)21)15-7-1-2-22-5-7/h3-4,7,15H,1-2,5H2/t7-/m0/s1. The number of hydrogen-bond acceptors (Lipinski definition) is 6. The van der Waals surface area contributed by atoms with Crippen molar-refractivity contribution in [2.45, 2.75) is 18.6 Å². The Balaban J connectivity index is 2.57. The average molecular weight is 337 g/mol. The molecular formula is C11H10F3N3O4S. The molecule has 1 fully saturated rings. The van der Waals surface area contributed by atoms with E-state index in [1.165, 1.54) is 0 Å². The summed E-state index contributed by atoms with van der Waals surface area (Å²) in [6.07, 6.45) is -4.28. The number of benzene rings is 1. The van der Waals surface area contributed by atoms with Crippen molar-refractivity contribution >= 4 is 28.8 Å². The van der Waals surface area contributed by atoms with Gasteiger partial charge in [-0.1, -0.05) is 0 Å². The Morgan fingerprint density at radius 1 is 1.18 bits per heavy atom. The van der Waals surface area contributed by atoms with E-state index in [1.807, 2.05) is 0 Å². The molecule has 1 aliphatic rings. The lowest BCUT2D eigenvalue weighted by molar-refractivity contribution is -0.392. The van der Waals surface area contributed by atoms with Crippen molar-refractivity contribution in [1.82, 2.24) is 0 Å². The smallest absolute Gasteiger partial charge is 0.370 e. The Morgan fingerprint density at radius 3 is 2.09 bits per heavy atom. The van der Waals surface area contributed by atoms with Crippen LogP contribution in [0.15, 0.2) is 12.1 Å². The number of alkyl halides is 3. The van der Waals surface area contributed by atoms with Crippen molar-refractivity contribution in [2.24, 2.45) is 0 Å². The predicted octanol–water partition coefficient (Wildman–Crippen LogP) is 3.44. The third-order valence-electron chi connectivity index (χ3n) is 3.10. The highest BCUT2D eigenvalue weighted by Crippen LogP contribution is 2.42. The van der Waals surface area contributed by atoms with Crippen molar-refractivity contribution in [2.75, 3.05) is 16.8 Å². The van der Waals surface area contributed by atoms with Crippen LogP contribution in [0.1, 0.15) is 12.0 Å². The lowest BCUT2D eigenvalue weighted by Gasteiger charge is -2.15. The van der Waals surface area contributed by atoms with Crippen LogP contribution in [0, 0.1) is 20.2 Å². The highest BCUT2D eigenvalue weighted by Gasteiger charge is 2.38. The molecule has 1 N–H and O–H groups in total. The zero-order chi connectivity index (χ0) is 16.5. The third-order valence-corrected chi connectivity index (χ3v) is 4.26. The molecule has 1 aromatic carbocycles. The molecule has 120 valence electrons. The largest absolute Gasteiger partial charge is 0.416 e. The van der Waals surface area contributed by atoms with Gasteiger partial charge in [0.15, 0.2) is 5.69 Å². The summed E-state index contributed by atoms with van der Waals surface area (Å²) in [5.74, 6) is 1.36. The number of nitrogens with one attached hydrogen (secondary N) is 1. The van der Waals surface area contributed by atoms with Gasteiger partial charge < -0.3 is 5.32 Å². The summed E-state index contributed by atoms with van der Waals surface area (Å²) in [7, 11) is 0. The van der Waals surface area contributed by atoms with E-state index >= 15 is 0 Å². The first-order valence-corrected chi connectivity index (χ1v) is 7.24. The third kappa shape index (κ3) is 3.40. The van der Waals surface area contributed by atoms with Crippen molar-refractivity contribution in [1.29, 1.82) is 0 Å². The fourth-order valence-electron chi connectivity index (χ4n) is 2.06. The number of nitro groups is 2. The van der Waals surface area contributed by atoms with E-state index in [2.05, 4.69) is 5.32 Å². The van der Waals surface area contributed by atoms with Crippen LogP contribution in [-0.2, 0) is 6.18 Å². The van der Waals surface area contributed by atoms with E-state index in [-0.39, 0.29) is 6.04 Å². The Kier molecular flexibility index (Phi) is 4.44. The molecule has 0 spiro atoms. The fourth-order valence-corrected chi connectivity index (χ4v) is 3.22. The zero-order valence-electron chi connectivity index (χ0n) is 10.9. The second-order valence-electron chi connectivity index (χ2n) is 4.61. The van der Waals surface area contributed by atoms with Gasteiger partial charge in [0.2, 0.25) is 0 Å².